The van der Waals surface area contributed by atoms with Crippen LogP contribution < -0.4 is 5.46 Å². The van der Waals surface area contributed by atoms with Crippen molar-refractivity contribution in [3.63, 3.8) is 0 Å². The molecule has 0 spiro atoms. The molecule has 1 aromatic heterocycles. The first-order valence-corrected chi connectivity index (χ1v) is 3.92. The molecule has 1 heterocycles. The summed E-state index contributed by atoms with van der Waals surface area (Å²) in [6, 6.07) is 4.08. The van der Waals surface area contributed by atoms with Crippen LogP contribution in [0.5, 0.6) is 0 Å². The Kier molecular flexibility index (Phi) is 2.28. The average molecular weight is 184 g/mol. The maximum atomic E-state index is 4.15. The van der Waals surface area contributed by atoms with E-state index in [2.05, 4.69) is 27.0 Å². The fraction of sp³-hybridized carbons (Fsp3) is 0.167. The highest BCUT2D eigenvalue weighted by Gasteiger charge is 1.87. The number of pyridine rings is 1. The van der Waals surface area contributed by atoms with Gasteiger partial charge in [0.25, 0.3) is 0 Å². The van der Waals surface area contributed by atoms with Crippen LogP contribution in [0.15, 0.2) is 18.3 Å². The van der Waals surface area contributed by atoms with Gasteiger partial charge in [0, 0.05) is 11.5 Å². The minimum atomic E-state index is 0.841. The van der Waals surface area contributed by atoms with Gasteiger partial charge >= 0.3 is 0 Å². The molecular weight excluding hydrogens is 177 g/mol. The Hall–Kier alpha value is -0.305. The number of halogens is 1. The molecule has 0 N–H and O–H groups in total. The Bertz CT molecular complexity index is 185. The van der Waals surface area contributed by atoms with Crippen LogP contribution in [0.3, 0.4) is 0 Å². The van der Waals surface area contributed by atoms with Gasteiger partial charge in [-0.1, -0.05) is 27.5 Å². The molecule has 46 valence electrons. The first-order chi connectivity index (χ1) is 4.33. The largest absolute Gasteiger partial charge is 0.261 e. The van der Waals surface area contributed by atoms with Gasteiger partial charge in [0.15, 0.2) is 0 Å². The summed E-state index contributed by atoms with van der Waals surface area (Å²) in [5.41, 5.74) is 2.29. The van der Waals surface area contributed by atoms with Crippen LogP contribution in [0.2, 0.25) is 0 Å². The van der Waals surface area contributed by atoms with Crippen LogP contribution in [-0.2, 0) is 5.33 Å². The summed E-state index contributed by atoms with van der Waals surface area (Å²) in [7, 11) is 2.03. The summed E-state index contributed by atoms with van der Waals surface area (Å²) in [4.78, 5) is 4.15. The standard InChI is InChI=1S/C6H7BBrN/c7-5-1-2-6(3-8)9-4-5/h1-2,4H,3,7H2. The van der Waals surface area contributed by atoms with Gasteiger partial charge in [-0.05, 0) is 6.07 Å². The predicted molar refractivity (Wildman–Crippen MR) is 45.0 cm³/mol. The normalized spacial score (nSPS) is 9.44. The Labute approximate surface area is 64.0 Å². The molecule has 0 aliphatic heterocycles. The molecule has 9 heavy (non-hydrogen) atoms. The van der Waals surface area contributed by atoms with Crippen molar-refractivity contribution in [2.45, 2.75) is 5.33 Å². The van der Waals surface area contributed by atoms with E-state index >= 15 is 0 Å². The van der Waals surface area contributed by atoms with Gasteiger partial charge in [-0.25, -0.2) is 0 Å². The Morgan fingerprint density at radius 3 is 2.78 bits per heavy atom. The van der Waals surface area contributed by atoms with Crippen molar-refractivity contribution in [2.75, 3.05) is 0 Å². The highest BCUT2D eigenvalue weighted by atomic mass is 79.9. The van der Waals surface area contributed by atoms with Crippen molar-refractivity contribution < 1.29 is 0 Å². The van der Waals surface area contributed by atoms with Gasteiger partial charge in [-0.3, -0.25) is 4.98 Å². The molecular formula is C6H7BBrN. The summed E-state index contributed by atoms with van der Waals surface area (Å²) >= 11 is 3.32. The zero-order valence-electron chi connectivity index (χ0n) is 5.26. The maximum Gasteiger partial charge on any atom is 0.141 e. The fourth-order valence-electron chi connectivity index (χ4n) is 0.577. The molecule has 1 aromatic rings. The monoisotopic (exact) mass is 183 g/mol. The van der Waals surface area contributed by atoms with E-state index in [1.165, 1.54) is 5.46 Å². The van der Waals surface area contributed by atoms with Gasteiger partial charge in [-0.2, -0.15) is 0 Å². The number of hydrogen-bond donors (Lipinski definition) is 0. The van der Waals surface area contributed by atoms with Crippen molar-refractivity contribution >= 4 is 29.2 Å². The van der Waals surface area contributed by atoms with E-state index in [-0.39, 0.29) is 0 Å². The number of alkyl halides is 1. The average Bonchev–Trinajstić information content (AvgIpc) is 1.90. The second-order valence-electron chi connectivity index (χ2n) is 1.96. The van der Waals surface area contributed by atoms with Gasteiger partial charge in [-0.15, -0.1) is 0 Å². The third kappa shape index (κ3) is 1.82. The number of rotatable bonds is 1. The van der Waals surface area contributed by atoms with Gasteiger partial charge in [0.1, 0.15) is 7.85 Å². The highest BCUT2D eigenvalue weighted by molar-refractivity contribution is 9.08. The predicted octanol–water partition coefficient (Wildman–Crippen LogP) is 0.235. The molecule has 0 radical (unpaired) electrons. The zero-order chi connectivity index (χ0) is 6.69. The first kappa shape index (κ1) is 6.81. The number of nitrogens with zero attached hydrogens (tertiary/aromatic N) is 1. The minimum absolute atomic E-state index is 0.841. The van der Waals surface area contributed by atoms with Gasteiger partial charge in [0.05, 0.1) is 5.69 Å². The van der Waals surface area contributed by atoms with E-state index in [1.54, 1.807) is 0 Å². The molecule has 0 aromatic carbocycles. The van der Waals surface area contributed by atoms with Gasteiger partial charge in [0.2, 0.25) is 0 Å². The van der Waals surface area contributed by atoms with Crippen LogP contribution in [0.25, 0.3) is 0 Å². The molecule has 0 saturated heterocycles. The summed E-state index contributed by atoms with van der Waals surface area (Å²) < 4.78 is 0. The zero-order valence-corrected chi connectivity index (χ0v) is 6.85. The van der Waals surface area contributed by atoms with Crippen LogP contribution in [0.4, 0.5) is 0 Å². The maximum absolute atomic E-state index is 4.15. The van der Waals surface area contributed by atoms with Crippen molar-refractivity contribution in [1.82, 2.24) is 4.98 Å². The van der Waals surface area contributed by atoms with E-state index in [9.17, 15) is 0 Å². The molecule has 0 fully saturated rings. The minimum Gasteiger partial charge on any atom is -0.261 e. The van der Waals surface area contributed by atoms with Crippen molar-refractivity contribution in [2.24, 2.45) is 0 Å². The first-order valence-electron chi connectivity index (χ1n) is 2.80. The van der Waals surface area contributed by atoms with Crippen molar-refractivity contribution in [3.05, 3.63) is 24.0 Å². The van der Waals surface area contributed by atoms with Crippen molar-refractivity contribution in [1.29, 1.82) is 0 Å². The second-order valence-corrected chi connectivity index (χ2v) is 2.52. The Balaban J connectivity index is 2.88. The third-order valence-corrected chi connectivity index (χ3v) is 1.68. The molecule has 0 atom stereocenters. The SMILES string of the molecule is Bc1ccc(CBr)nc1. The summed E-state index contributed by atoms with van der Waals surface area (Å²) in [6.07, 6.45) is 1.87. The number of aromatic nitrogens is 1. The van der Waals surface area contributed by atoms with Crippen LogP contribution in [-0.4, -0.2) is 12.8 Å². The van der Waals surface area contributed by atoms with Crippen LogP contribution in [0.1, 0.15) is 5.69 Å². The second kappa shape index (κ2) is 3.02. The van der Waals surface area contributed by atoms with Crippen LogP contribution >= 0.6 is 15.9 Å². The topological polar surface area (TPSA) is 12.9 Å². The fourth-order valence-corrected chi connectivity index (χ4v) is 0.909. The van der Waals surface area contributed by atoms with E-state index in [0.29, 0.717) is 0 Å². The van der Waals surface area contributed by atoms with E-state index in [1.807, 2.05) is 20.1 Å². The smallest absolute Gasteiger partial charge is 0.141 e. The lowest BCUT2D eigenvalue weighted by Crippen LogP contribution is -2.02. The number of hydrogen-bond acceptors (Lipinski definition) is 1. The lowest BCUT2D eigenvalue weighted by molar-refractivity contribution is 1.20. The van der Waals surface area contributed by atoms with Crippen LogP contribution in [0, 0.1) is 0 Å². The summed E-state index contributed by atoms with van der Waals surface area (Å²) in [6.45, 7) is 0. The third-order valence-electron chi connectivity index (χ3n) is 1.11. The van der Waals surface area contributed by atoms with E-state index in [4.69, 9.17) is 0 Å². The Morgan fingerprint density at radius 1 is 1.56 bits per heavy atom. The molecule has 0 amide bonds. The lowest BCUT2D eigenvalue weighted by atomic mass is 9.99. The summed E-state index contributed by atoms with van der Waals surface area (Å²) in [5, 5.41) is 0.841. The van der Waals surface area contributed by atoms with Gasteiger partial charge < -0.3 is 0 Å². The summed E-state index contributed by atoms with van der Waals surface area (Å²) in [5.74, 6) is 0. The molecule has 0 aliphatic rings. The quantitative estimate of drug-likeness (QED) is 0.449. The van der Waals surface area contributed by atoms with Crippen molar-refractivity contribution in [3.8, 4) is 0 Å². The molecule has 0 aliphatic carbocycles. The molecule has 1 nitrogen and oxygen atoms in total. The molecule has 0 saturated carbocycles. The molecule has 0 bridgehead atoms. The highest BCUT2D eigenvalue weighted by Crippen LogP contribution is 1.97. The lowest BCUT2D eigenvalue weighted by Gasteiger charge is -1.92. The van der Waals surface area contributed by atoms with E-state index < -0.39 is 0 Å². The molecule has 3 heteroatoms. The Morgan fingerprint density at radius 2 is 2.33 bits per heavy atom. The van der Waals surface area contributed by atoms with E-state index in [0.717, 1.165) is 11.0 Å². The molecule has 1 rings (SSSR count). The molecule has 0 unspecified atom stereocenters.